The molecule has 6 heteroatoms. The van der Waals surface area contributed by atoms with Gasteiger partial charge in [0.15, 0.2) is 9.84 Å². The standard InChI is InChI=1S/C16H28N2O3S/c1-3-21-10-7-15-12-17(9-11-22(19,20)4-2)14-16-6-5-8-18(16)13-15/h5-6,8,15H,3-4,7,9-14H2,1-2H3/t15-/m1/s1. The highest BCUT2D eigenvalue weighted by Gasteiger charge is 2.22. The van der Waals surface area contributed by atoms with Crippen molar-refractivity contribution in [2.75, 3.05) is 37.8 Å². The van der Waals surface area contributed by atoms with Crippen LogP contribution in [0.3, 0.4) is 0 Å². The van der Waals surface area contributed by atoms with E-state index >= 15 is 0 Å². The van der Waals surface area contributed by atoms with Crippen LogP contribution in [0.25, 0.3) is 0 Å². The fraction of sp³-hybridized carbons (Fsp3) is 0.750. The van der Waals surface area contributed by atoms with Crippen molar-refractivity contribution in [1.29, 1.82) is 0 Å². The quantitative estimate of drug-likeness (QED) is 0.683. The molecule has 22 heavy (non-hydrogen) atoms. The number of nitrogens with zero attached hydrogens (tertiary/aromatic N) is 2. The van der Waals surface area contributed by atoms with Crippen molar-refractivity contribution in [3.05, 3.63) is 24.0 Å². The summed E-state index contributed by atoms with van der Waals surface area (Å²) in [5, 5.41) is 0. The van der Waals surface area contributed by atoms with E-state index in [2.05, 4.69) is 27.8 Å². The number of hydrogen-bond donors (Lipinski definition) is 0. The molecule has 1 aliphatic heterocycles. The smallest absolute Gasteiger partial charge is 0.151 e. The van der Waals surface area contributed by atoms with Gasteiger partial charge in [-0.15, -0.1) is 0 Å². The van der Waals surface area contributed by atoms with Gasteiger partial charge in [-0.05, 0) is 31.4 Å². The minimum Gasteiger partial charge on any atom is -0.382 e. The highest BCUT2D eigenvalue weighted by Crippen LogP contribution is 2.19. The number of fused-ring (bicyclic) bond motifs is 1. The van der Waals surface area contributed by atoms with Crippen LogP contribution in [-0.2, 0) is 27.7 Å². The second-order valence-electron chi connectivity index (χ2n) is 5.97. The number of hydrogen-bond acceptors (Lipinski definition) is 4. The van der Waals surface area contributed by atoms with Crippen molar-refractivity contribution in [2.45, 2.75) is 33.4 Å². The maximum absolute atomic E-state index is 11.8. The molecule has 2 heterocycles. The Balaban J connectivity index is 2.00. The van der Waals surface area contributed by atoms with Crippen LogP contribution in [0.4, 0.5) is 0 Å². The monoisotopic (exact) mass is 328 g/mol. The maximum Gasteiger partial charge on any atom is 0.151 e. The van der Waals surface area contributed by atoms with E-state index in [4.69, 9.17) is 4.74 Å². The molecule has 0 spiro atoms. The largest absolute Gasteiger partial charge is 0.382 e. The molecule has 0 bridgehead atoms. The molecule has 126 valence electrons. The third kappa shape index (κ3) is 5.11. The lowest BCUT2D eigenvalue weighted by Gasteiger charge is -2.23. The van der Waals surface area contributed by atoms with Gasteiger partial charge in [0.05, 0.1) is 5.75 Å². The maximum atomic E-state index is 11.8. The molecule has 1 aromatic heterocycles. The lowest BCUT2D eigenvalue weighted by atomic mass is 10.1. The third-order valence-electron chi connectivity index (χ3n) is 4.31. The van der Waals surface area contributed by atoms with Crippen molar-refractivity contribution in [1.82, 2.24) is 9.47 Å². The summed E-state index contributed by atoms with van der Waals surface area (Å²) in [5.74, 6) is 0.984. The van der Waals surface area contributed by atoms with Gasteiger partial charge in [0.2, 0.25) is 0 Å². The predicted octanol–water partition coefficient (Wildman–Crippen LogP) is 1.78. The predicted molar refractivity (Wildman–Crippen MR) is 88.6 cm³/mol. The minimum absolute atomic E-state index is 0.227. The molecule has 0 saturated heterocycles. The molecule has 0 aliphatic carbocycles. The molecule has 0 unspecified atom stereocenters. The third-order valence-corrected chi connectivity index (χ3v) is 6.00. The SMILES string of the molecule is CCOCC[C@@H]1CN(CCS(=O)(=O)CC)Cc2cccn2C1. The van der Waals surface area contributed by atoms with E-state index < -0.39 is 9.84 Å². The van der Waals surface area contributed by atoms with E-state index in [0.717, 1.165) is 39.3 Å². The number of ether oxygens (including phenoxy) is 1. The summed E-state index contributed by atoms with van der Waals surface area (Å²) < 4.78 is 31.3. The number of sulfone groups is 1. The summed E-state index contributed by atoms with van der Waals surface area (Å²) in [5.41, 5.74) is 1.27. The van der Waals surface area contributed by atoms with E-state index in [-0.39, 0.29) is 11.5 Å². The topological polar surface area (TPSA) is 51.5 Å². The van der Waals surface area contributed by atoms with E-state index in [9.17, 15) is 8.42 Å². The van der Waals surface area contributed by atoms with Crippen molar-refractivity contribution in [2.24, 2.45) is 5.92 Å². The molecular weight excluding hydrogens is 300 g/mol. The van der Waals surface area contributed by atoms with Crippen LogP contribution in [0.2, 0.25) is 0 Å². The van der Waals surface area contributed by atoms with Gasteiger partial charge in [-0.3, -0.25) is 4.90 Å². The van der Waals surface area contributed by atoms with Crippen LogP contribution >= 0.6 is 0 Å². The Morgan fingerprint density at radius 1 is 1.32 bits per heavy atom. The van der Waals surface area contributed by atoms with Crippen LogP contribution in [0.1, 0.15) is 26.0 Å². The van der Waals surface area contributed by atoms with E-state index in [1.807, 2.05) is 6.92 Å². The molecular formula is C16H28N2O3S. The first-order valence-corrected chi connectivity index (χ1v) is 10.0. The highest BCUT2D eigenvalue weighted by atomic mass is 32.2. The summed E-state index contributed by atoms with van der Waals surface area (Å²) in [6.45, 7) is 8.63. The molecule has 5 nitrogen and oxygen atoms in total. The molecule has 1 aromatic rings. The van der Waals surface area contributed by atoms with E-state index in [1.165, 1.54) is 5.69 Å². The Bertz CT molecular complexity index is 553. The summed E-state index contributed by atoms with van der Waals surface area (Å²) in [7, 11) is -2.91. The first-order valence-electron chi connectivity index (χ1n) is 8.18. The summed E-state index contributed by atoms with van der Waals surface area (Å²) in [6.07, 6.45) is 3.14. The Morgan fingerprint density at radius 2 is 2.14 bits per heavy atom. The van der Waals surface area contributed by atoms with Gasteiger partial charge in [0, 0.05) is 57.0 Å². The Hall–Kier alpha value is -0.850. The molecule has 0 amide bonds. The molecule has 0 N–H and O–H groups in total. The summed E-state index contributed by atoms with van der Waals surface area (Å²) in [4.78, 5) is 2.28. The Kier molecular flexibility index (Phi) is 6.47. The lowest BCUT2D eigenvalue weighted by Crippen LogP contribution is -2.33. The molecule has 1 aliphatic rings. The van der Waals surface area contributed by atoms with Crippen molar-refractivity contribution >= 4 is 9.84 Å². The van der Waals surface area contributed by atoms with Crippen LogP contribution in [0.5, 0.6) is 0 Å². The second-order valence-corrected chi connectivity index (χ2v) is 8.45. The molecule has 0 fully saturated rings. The molecule has 0 saturated carbocycles. The zero-order valence-corrected chi connectivity index (χ0v) is 14.5. The highest BCUT2D eigenvalue weighted by molar-refractivity contribution is 7.91. The van der Waals surface area contributed by atoms with E-state index in [0.29, 0.717) is 12.5 Å². The van der Waals surface area contributed by atoms with Gasteiger partial charge < -0.3 is 9.30 Å². The van der Waals surface area contributed by atoms with Crippen molar-refractivity contribution in [3.63, 3.8) is 0 Å². The molecule has 1 atom stereocenters. The average Bonchev–Trinajstić information content (AvgIpc) is 2.85. The fourth-order valence-corrected chi connectivity index (χ4v) is 3.75. The van der Waals surface area contributed by atoms with E-state index in [1.54, 1.807) is 6.92 Å². The molecule has 0 radical (unpaired) electrons. The average molecular weight is 328 g/mol. The Labute approximate surface area is 134 Å². The van der Waals surface area contributed by atoms with Crippen LogP contribution < -0.4 is 0 Å². The normalized spacial score (nSPS) is 19.8. The zero-order chi connectivity index (χ0) is 16.0. The lowest BCUT2D eigenvalue weighted by molar-refractivity contribution is 0.120. The summed E-state index contributed by atoms with van der Waals surface area (Å²) >= 11 is 0. The van der Waals surface area contributed by atoms with Crippen LogP contribution in [-0.4, -0.2) is 55.7 Å². The van der Waals surface area contributed by atoms with Crippen molar-refractivity contribution < 1.29 is 13.2 Å². The van der Waals surface area contributed by atoms with Gasteiger partial charge in [0.25, 0.3) is 0 Å². The first-order chi connectivity index (χ1) is 10.5. The van der Waals surface area contributed by atoms with Gasteiger partial charge in [-0.2, -0.15) is 0 Å². The van der Waals surface area contributed by atoms with Gasteiger partial charge in [-0.1, -0.05) is 6.92 Å². The first kappa shape index (κ1) is 17.5. The minimum atomic E-state index is -2.91. The fourth-order valence-electron chi connectivity index (χ4n) is 2.93. The molecule has 2 rings (SSSR count). The Morgan fingerprint density at radius 3 is 2.86 bits per heavy atom. The van der Waals surface area contributed by atoms with Gasteiger partial charge in [0.1, 0.15) is 0 Å². The second kappa shape index (κ2) is 8.13. The van der Waals surface area contributed by atoms with Crippen LogP contribution in [0.15, 0.2) is 18.3 Å². The van der Waals surface area contributed by atoms with Crippen LogP contribution in [0, 0.1) is 5.92 Å². The van der Waals surface area contributed by atoms with Gasteiger partial charge >= 0.3 is 0 Å². The van der Waals surface area contributed by atoms with Gasteiger partial charge in [-0.25, -0.2) is 8.42 Å². The number of rotatable bonds is 8. The molecule has 0 aromatic carbocycles. The zero-order valence-electron chi connectivity index (χ0n) is 13.7. The number of aromatic nitrogens is 1. The van der Waals surface area contributed by atoms with Crippen molar-refractivity contribution in [3.8, 4) is 0 Å². The summed E-state index contributed by atoms with van der Waals surface area (Å²) in [6, 6.07) is 4.20.